The zero-order valence-electron chi connectivity index (χ0n) is 13.9. The Balaban J connectivity index is 1.65. The van der Waals surface area contributed by atoms with Gasteiger partial charge in [0, 0.05) is 19.9 Å². The Labute approximate surface area is 171 Å². The summed E-state index contributed by atoms with van der Waals surface area (Å²) in [6.45, 7) is 1.10. The van der Waals surface area contributed by atoms with Crippen LogP contribution in [0.25, 0.3) is 10.9 Å². The van der Waals surface area contributed by atoms with Crippen LogP contribution in [-0.2, 0) is 9.57 Å². The molecule has 2 N–H and O–H groups in total. The number of aromatic hydroxyl groups is 1. The number of aliphatic imine (C=N–C) groups is 1. The monoisotopic (exact) mass is 489 g/mol. The Kier molecular flexibility index (Phi) is 4.07. The van der Waals surface area contributed by atoms with E-state index in [0.717, 1.165) is 31.1 Å². The quantitative estimate of drug-likeness (QED) is 0.412. The predicted octanol–water partition coefficient (Wildman–Crippen LogP) is 4.65. The van der Waals surface area contributed by atoms with Gasteiger partial charge in [0.25, 0.3) is 0 Å². The average molecular weight is 491 g/mol. The molecule has 3 aromatic rings. The highest BCUT2D eigenvalue weighted by molar-refractivity contribution is 9.13. The van der Waals surface area contributed by atoms with E-state index in [-0.39, 0.29) is 12.0 Å². The molecular formula is C19H13Br2N3O3. The maximum absolute atomic E-state index is 10.6. The maximum atomic E-state index is 10.6. The van der Waals surface area contributed by atoms with Crippen molar-refractivity contribution in [2.24, 2.45) is 10.1 Å². The fourth-order valence-corrected chi connectivity index (χ4v) is 3.79. The van der Waals surface area contributed by atoms with Gasteiger partial charge in [-0.05, 0) is 50.1 Å². The van der Waals surface area contributed by atoms with Gasteiger partial charge in [0.2, 0.25) is 0 Å². The largest absolute Gasteiger partial charge is 0.494 e. The van der Waals surface area contributed by atoms with Crippen molar-refractivity contribution in [1.82, 2.24) is 4.98 Å². The molecule has 0 bridgehead atoms. The molecule has 2 aromatic carbocycles. The normalized spacial score (nSPS) is 19.4. The first-order valence-corrected chi connectivity index (χ1v) is 9.90. The number of benzene rings is 2. The second-order valence-electron chi connectivity index (χ2n) is 6.33. The number of epoxide rings is 1. The lowest BCUT2D eigenvalue weighted by Crippen LogP contribution is -2.14. The van der Waals surface area contributed by atoms with Gasteiger partial charge in [-0.3, -0.25) is 0 Å². The van der Waals surface area contributed by atoms with Crippen LogP contribution in [0.4, 0.5) is 5.69 Å². The van der Waals surface area contributed by atoms with Gasteiger partial charge in [-0.1, -0.05) is 23.4 Å². The van der Waals surface area contributed by atoms with Gasteiger partial charge in [-0.15, -0.1) is 0 Å². The molecule has 1 atom stereocenters. The average Bonchev–Trinajstić information content (AvgIpc) is 3.33. The lowest BCUT2D eigenvalue weighted by Gasteiger charge is -2.05. The van der Waals surface area contributed by atoms with Crippen molar-refractivity contribution >= 4 is 59.9 Å². The summed E-state index contributed by atoms with van der Waals surface area (Å²) in [6.07, 6.45) is 0.112. The van der Waals surface area contributed by atoms with E-state index in [9.17, 15) is 5.11 Å². The van der Waals surface area contributed by atoms with Crippen LogP contribution >= 0.6 is 31.9 Å². The van der Waals surface area contributed by atoms with E-state index in [0.29, 0.717) is 30.2 Å². The summed E-state index contributed by atoms with van der Waals surface area (Å²) < 4.78 is 6.94. The Bertz CT molecular complexity index is 1130. The zero-order valence-corrected chi connectivity index (χ0v) is 17.0. The predicted molar refractivity (Wildman–Crippen MR) is 110 cm³/mol. The minimum absolute atomic E-state index is 0.0415. The molecule has 2 aliphatic heterocycles. The van der Waals surface area contributed by atoms with Crippen molar-refractivity contribution in [2.45, 2.75) is 6.10 Å². The smallest absolute Gasteiger partial charge is 0.199 e. The lowest BCUT2D eigenvalue weighted by molar-refractivity contribution is 0.125. The molecule has 0 amide bonds. The number of aromatic amines is 1. The Hall–Kier alpha value is -2.16. The molecule has 0 aliphatic carbocycles. The molecule has 0 spiro atoms. The number of rotatable bonds is 4. The summed E-state index contributed by atoms with van der Waals surface area (Å²) in [5.74, 6) is 0.0415. The number of nitrogens with one attached hydrogen (secondary N) is 1. The highest BCUT2D eigenvalue weighted by atomic mass is 79.9. The summed E-state index contributed by atoms with van der Waals surface area (Å²) in [6, 6.07) is 11.6. The van der Waals surface area contributed by atoms with Crippen LogP contribution in [0, 0.1) is 0 Å². The van der Waals surface area contributed by atoms with E-state index in [1.165, 1.54) is 0 Å². The number of aromatic nitrogens is 1. The van der Waals surface area contributed by atoms with Crippen LogP contribution in [0.5, 0.6) is 5.88 Å². The first-order valence-electron chi connectivity index (χ1n) is 8.32. The van der Waals surface area contributed by atoms with Gasteiger partial charge < -0.3 is 19.7 Å². The molecule has 8 heteroatoms. The van der Waals surface area contributed by atoms with Crippen LogP contribution < -0.4 is 0 Å². The van der Waals surface area contributed by atoms with Crippen LogP contribution in [-0.4, -0.2) is 40.8 Å². The molecule has 2 aliphatic rings. The van der Waals surface area contributed by atoms with E-state index < -0.39 is 0 Å². The van der Waals surface area contributed by atoms with Gasteiger partial charge >= 0.3 is 0 Å². The fourth-order valence-electron chi connectivity index (χ4n) is 3.10. The fraction of sp³-hybridized carbons (Fsp3) is 0.158. The Morgan fingerprint density at radius 1 is 1.26 bits per heavy atom. The van der Waals surface area contributed by atoms with E-state index in [1.807, 2.05) is 36.4 Å². The first kappa shape index (κ1) is 17.0. The SMILES string of the molecule is Oc1[nH]c2cc(Br)c(Br)cc2c1C1=Nc2ccccc2/C1=N\OCC1CO1. The topological polar surface area (TPSA) is 82.5 Å². The standard InChI is InChI=1S/C19H13Br2N3O3/c20-12-5-11-15(6-13(12)21)23-19(25)16(11)18-17(24-27-8-9-7-26-9)10-3-1-2-4-14(10)22-18/h1-6,9,23,25H,7-8H2/b24-17+. The van der Waals surface area contributed by atoms with Crippen molar-refractivity contribution in [3.05, 3.63) is 56.5 Å². The number of ether oxygens (including phenoxy) is 1. The minimum Gasteiger partial charge on any atom is -0.494 e. The number of halogens is 2. The number of hydrogen-bond donors (Lipinski definition) is 2. The highest BCUT2D eigenvalue weighted by Gasteiger charge is 2.30. The summed E-state index contributed by atoms with van der Waals surface area (Å²) in [5, 5.41) is 15.8. The summed E-state index contributed by atoms with van der Waals surface area (Å²) in [4.78, 5) is 13.2. The van der Waals surface area contributed by atoms with Crippen molar-refractivity contribution in [2.75, 3.05) is 13.2 Å². The Morgan fingerprint density at radius 2 is 2.04 bits per heavy atom. The molecule has 27 heavy (non-hydrogen) atoms. The van der Waals surface area contributed by atoms with Crippen LogP contribution in [0.1, 0.15) is 11.1 Å². The van der Waals surface area contributed by atoms with Crippen molar-refractivity contribution in [3.63, 3.8) is 0 Å². The van der Waals surface area contributed by atoms with Crippen LogP contribution in [0.2, 0.25) is 0 Å². The van der Waals surface area contributed by atoms with Crippen molar-refractivity contribution < 1.29 is 14.7 Å². The molecule has 0 radical (unpaired) electrons. The van der Waals surface area contributed by atoms with Gasteiger partial charge in [0.1, 0.15) is 24.1 Å². The molecule has 136 valence electrons. The van der Waals surface area contributed by atoms with Gasteiger partial charge in [-0.2, -0.15) is 0 Å². The lowest BCUT2D eigenvalue weighted by atomic mass is 10.0. The summed E-state index contributed by atoms with van der Waals surface area (Å²) >= 11 is 7.01. The summed E-state index contributed by atoms with van der Waals surface area (Å²) in [5.41, 5.74) is 4.23. The van der Waals surface area contributed by atoms with Crippen LogP contribution in [0.3, 0.4) is 0 Å². The van der Waals surface area contributed by atoms with E-state index >= 15 is 0 Å². The van der Waals surface area contributed by atoms with E-state index in [2.05, 4.69) is 42.0 Å². The molecule has 0 saturated carbocycles. The zero-order chi connectivity index (χ0) is 18.5. The van der Waals surface area contributed by atoms with Gasteiger partial charge in [0.05, 0.1) is 23.4 Å². The van der Waals surface area contributed by atoms with Crippen molar-refractivity contribution in [3.8, 4) is 5.88 Å². The summed E-state index contributed by atoms with van der Waals surface area (Å²) in [7, 11) is 0. The molecule has 1 unspecified atom stereocenters. The Morgan fingerprint density at radius 3 is 2.85 bits per heavy atom. The van der Waals surface area contributed by atoms with E-state index in [1.54, 1.807) is 0 Å². The third-order valence-electron chi connectivity index (χ3n) is 4.49. The van der Waals surface area contributed by atoms with E-state index in [4.69, 9.17) is 14.6 Å². The first-order chi connectivity index (χ1) is 13.1. The number of oxime groups is 1. The molecule has 6 nitrogen and oxygen atoms in total. The highest BCUT2D eigenvalue weighted by Crippen LogP contribution is 2.38. The molecular weight excluding hydrogens is 478 g/mol. The number of fused-ring (bicyclic) bond motifs is 2. The molecule has 5 rings (SSSR count). The third-order valence-corrected chi connectivity index (χ3v) is 6.34. The maximum Gasteiger partial charge on any atom is 0.199 e. The van der Waals surface area contributed by atoms with Crippen molar-refractivity contribution in [1.29, 1.82) is 0 Å². The van der Waals surface area contributed by atoms with Crippen LogP contribution in [0.15, 0.2) is 55.5 Å². The number of H-pyrrole nitrogens is 1. The molecule has 3 heterocycles. The molecule has 1 fully saturated rings. The van der Waals surface area contributed by atoms with Gasteiger partial charge in [-0.25, -0.2) is 4.99 Å². The number of para-hydroxylation sites is 1. The molecule has 1 aromatic heterocycles. The number of hydrogen-bond acceptors (Lipinski definition) is 5. The second-order valence-corrected chi connectivity index (χ2v) is 8.04. The number of nitrogens with zero attached hydrogens (tertiary/aromatic N) is 2. The molecule has 1 saturated heterocycles. The second kappa shape index (κ2) is 6.47. The minimum atomic E-state index is 0.0415. The van der Waals surface area contributed by atoms with Gasteiger partial charge in [0.15, 0.2) is 5.88 Å². The third kappa shape index (κ3) is 2.97.